The fourth-order valence-electron chi connectivity index (χ4n) is 2.75. The van der Waals surface area contributed by atoms with Crippen LogP contribution in [-0.4, -0.2) is 10.7 Å². The molecule has 0 aliphatic carbocycles. The molecule has 0 aromatic heterocycles. The zero-order chi connectivity index (χ0) is 18.4. The monoisotopic (exact) mass is 346 g/mol. The lowest BCUT2D eigenvalue weighted by Gasteiger charge is -2.20. The standard InChI is InChI=1S/C21H18N2O3/c24-21(17-9-5-2-6-10-17)15-20(16-7-3-1-4-8-16)22-18-11-13-19(14-12-18)23(25)26/h1-14,20,22H,15H2/t20-/m0/s1. The number of anilines is 1. The number of carbonyl (C=O) groups excluding carboxylic acids is 1. The third kappa shape index (κ3) is 4.33. The first-order chi connectivity index (χ1) is 12.6. The molecular weight excluding hydrogens is 328 g/mol. The molecule has 0 radical (unpaired) electrons. The van der Waals surface area contributed by atoms with Gasteiger partial charge >= 0.3 is 0 Å². The summed E-state index contributed by atoms with van der Waals surface area (Å²) in [6.45, 7) is 0. The highest BCUT2D eigenvalue weighted by Crippen LogP contribution is 2.25. The number of nitro benzene ring substituents is 1. The fourth-order valence-corrected chi connectivity index (χ4v) is 2.75. The number of hydrogen-bond donors (Lipinski definition) is 1. The molecule has 0 amide bonds. The molecule has 3 aromatic carbocycles. The fraction of sp³-hybridized carbons (Fsp3) is 0.0952. The summed E-state index contributed by atoms with van der Waals surface area (Å²) in [7, 11) is 0. The van der Waals surface area contributed by atoms with E-state index in [1.165, 1.54) is 12.1 Å². The minimum atomic E-state index is -0.433. The van der Waals surface area contributed by atoms with E-state index in [1.807, 2.05) is 48.5 Å². The first-order valence-electron chi connectivity index (χ1n) is 8.27. The molecule has 1 atom stereocenters. The van der Waals surface area contributed by atoms with Crippen LogP contribution in [0.3, 0.4) is 0 Å². The average molecular weight is 346 g/mol. The molecule has 26 heavy (non-hydrogen) atoms. The van der Waals surface area contributed by atoms with Gasteiger partial charge in [0.15, 0.2) is 5.78 Å². The molecule has 0 heterocycles. The second-order valence-electron chi connectivity index (χ2n) is 5.90. The Bertz CT molecular complexity index is 878. The van der Waals surface area contributed by atoms with E-state index in [0.29, 0.717) is 5.56 Å². The number of Topliss-reactive ketones (excluding diaryl/α,β-unsaturated/α-hetero) is 1. The second kappa shape index (κ2) is 8.07. The predicted octanol–water partition coefficient (Wildman–Crippen LogP) is 5.02. The van der Waals surface area contributed by atoms with Gasteiger partial charge in [0, 0.05) is 29.8 Å². The van der Waals surface area contributed by atoms with Gasteiger partial charge in [0.05, 0.1) is 11.0 Å². The van der Waals surface area contributed by atoms with Crippen LogP contribution in [0.15, 0.2) is 84.9 Å². The number of ketones is 1. The number of nitrogens with one attached hydrogen (secondary N) is 1. The Morgan fingerprint density at radius 1 is 0.885 bits per heavy atom. The predicted molar refractivity (Wildman–Crippen MR) is 101 cm³/mol. The van der Waals surface area contributed by atoms with Crippen molar-refractivity contribution in [1.82, 2.24) is 0 Å². The SMILES string of the molecule is O=C(C[C@H](Nc1ccc([N+](=O)[O-])cc1)c1ccccc1)c1ccccc1. The molecule has 0 spiro atoms. The van der Waals surface area contributed by atoms with Gasteiger partial charge in [-0.1, -0.05) is 60.7 Å². The summed E-state index contributed by atoms with van der Waals surface area (Å²) in [6.07, 6.45) is 0.283. The van der Waals surface area contributed by atoms with Crippen LogP contribution < -0.4 is 5.32 Å². The number of nitro groups is 1. The van der Waals surface area contributed by atoms with Crippen molar-refractivity contribution in [2.24, 2.45) is 0 Å². The summed E-state index contributed by atoms with van der Waals surface area (Å²) in [5.74, 6) is 0.0360. The molecule has 5 nitrogen and oxygen atoms in total. The Labute approximate surface area is 151 Å². The lowest BCUT2D eigenvalue weighted by atomic mass is 9.97. The minimum Gasteiger partial charge on any atom is -0.378 e. The van der Waals surface area contributed by atoms with Crippen molar-refractivity contribution in [3.8, 4) is 0 Å². The van der Waals surface area contributed by atoms with E-state index in [9.17, 15) is 14.9 Å². The van der Waals surface area contributed by atoms with E-state index in [2.05, 4.69) is 5.32 Å². The van der Waals surface area contributed by atoms with Gasteiger partial charge in [-0.25, -0.2) is 0 Å². The number of carbonyl (C=O) groups is 1. The summed E-state index contributed by atoms with van der Waals surface area (Å²) in [5.41, 5.74) is 2.41. The highest BCUT2D eigenvalue weighted by molar-refractivity contribution is 5.96. The van der Waals surface area contributed by atoms with E-state index >= 15 is 0 Å². The van der Waals surface area contributed by atoms with Crippen molar-refractivity contribution in [2.45, 2.75) is 12.5 Å². The zero-order valence-electron chi connectivity index (χ0n) is 14.0. The van der Waals surface area contributed by atoms with Crippen molar-refractivity contribution >= 4 is 17.2 Å². The zero-order valence-corrected chi connectivity index (χ0v) is 14.0. The molecule has 0 unspecified atom stereocenters. The maximum Gasteiger partial charge on any atom is 0.269 e. The van der Waals surface area contributed by atoms with Crippen LogP contribution in [0.2, 0.25) is 0 Å². The molecule has 0 aliphatic rings. The van der Waals surface area contributed by atoms with Crippen molar-refractivity contribution in [3.05, 3.63) is 106 Å². The summed E-state index contributed by atoms with van der Waals surface area (Å²) in [6, 6.07) is 24.8. The molecule has 0 saturated heterocycles. The van der Waals surface area contributed by atoms with Crippen LogP contribution in [0.5, 0.6) is 0 Å². The van der Waals surface area contributed by atoms with Gasteiger partial charge in [0.1, 0.15) is 0 Å². The lowest BCUT2D eigenvalue weighted by molar-refractivity contribution is -0.384. The Hall–Kier alpha value is -3.47. The molecule has 3 aromatic rings. The van der Waals surface area contributed by atoms with Crippen molar-refractivity contribution in [2.75, 3.05) is 5.32 Å². The molecule has 3 rings (SSSR count). The van der Waals surface area contributed by atoms with Gasteiger partial charge in [0.25, 0.3) is 5.69 Å². The molecular formula is C21H18N2O3. The summed E-state index contributed by atoms with van der Waals surface area (Å²) < 4.78 is 0. The molecule has 0 saturated carbocycles. The van der Waals surface area contributed by atoms with Crippen LogP contribution >= 0.6 is 0 Å². The normalized spacial score (nSPS) is 11.5. The van der Waals surface area contributed by atoms with Crippen molar-refractivity contribution in [1.29, 1.82) is 0 Å². The minimum absolute atomic E-state index is 0.0344. The van der Waals surface area contributed by atoms with Crippen LogP contribution in [-0.2, 0) is 0 Å². The summed E-state index contributed by atoms with van der Waals surface area (Å²) in [4.78, 5) is 23.0. The van der Waals surface area contributed by atoms with E-state index in [4.69, 9.17) is 0 Å². The van der Waals surface area contributed by atoms with Crippen LogP contribution in [0.25, 0.3) is 0 Å². The highest BCUT2D eigenvalue weighted by atomic mass is 16.6. The average Bonchev–Trinajstić information content (AvgIpc) is 2.69. The lowest BCUT2D eigenvalue weighted by Crippen LogP contribution is -2.15. The Balaban J connectivity index is 1.82. The number of non-ortho nitro benzene ring substituents is 1. The van der Waals surface area contributed by atoms with E-state index in [-0.39, 0.29) is 23.9 Å². The first-order valence-corrected chi connectivity index (χ1v) is 8.27. The largest absolute Gasteiger partial charge is 0.378 e. The van der Waals surface area contributed by atoms with E-state index < -0.39 is 4.92 Å². The molecule has 130 valence electrons. The summed E-state index contributed by atoms with van der Waals surface area (Å²) in [5, 5.41) is 14.1. The third-order valence-corrected chi connectivity index (χ3v) is 4.11. The van der Waals surface area contributed by atoms with Crippen LogP contribution in [0.4, 0.5) is 11.4 Å². The van der Waals surface area contributed by atoms with Crippen LogP contribution in [0, 0.1) is 10.1 Å². The molecule has 5 heteroatoms. The first kappa shape index (κ1) is 17.4. The van der Waals surface area contributed by atoms with Crippen molar-refractivity contribution < 1.29 is 9.72 Å². The molecule has 0 aliphatic heterocycles. The van der Waals surface area contributed by atoms with Gasteiger partial charge in [-0.3, -0.25) is 14.9 Å². The van der Waals surface area contributed by atoms with Crippen LogP contribution in [0.1, 0.15) is 28.4 Å². The van der Waals surface area contributed by atoms with E-state index in [1.54, 1.807) is 24.3 Å². The highest BCUT2D eigenvalue weighted by Gasteiger charge is 2.17. The maximum atomic E-state index is 12.6. The van der Waals surface area contributed by atoms with Gasteiger partial charge in [-0.2, -0.15) is 0 Å². The Morgan fingerprint density at radius 2 is 1.46 bits per heavy atom. The quantitative estimate of drug-likeness (QED) is 0.370. The molecule has 0 fully saturated rings. The molecule has 0 bridgehead atoms. The second-order valence-corrected chi connectivity index (χ2v) is 5.90. The van der Waals surface area contributed by atoms with Gasteiger partial charge < -0.3 is 5.32 Å². The maximum absolute atomic E-state index is 12.6. The van der Waals surface area contributed by atoms with Crippen molar-refractivity contribution in [3.63, 3.8) is 0 Å². The number of rotatable bonds is 7. The Kier molecular flexibility index (Phi) is 5.39. The van der Waals surface area contributed by atoms with E-state index in [0.717, 1.165) is 11.3 Å². The Morgan fingerprint density at radius 3 is 2.04 bits per heavy atom. The smallest absolute Gasteiger partial charge is 0.269 e. The number of benzene rings is 3. The summed E-state index contributed by atoms with van der Waals surface area (Å²) >= 11 is 0. The molecule has 1 N–H and O–H groups in total. The van der Waals surface area contributed by atoms with Gasteiger partial charge in [0.2, 0.25) is 0 Å². The topological polar surface area (TPSA) is 72.2 Å². The van der Waals surface area contributed by atoms with Gasteiger partial charge in [-0.05, 0) is 17.7 Å². The third-order valence-electron chi connectivity index (χ3n) is 4.11. The number of hydrogen-bond acceptors (Lipinski definition) is 4. The van der Waals surface area contributed by atoms with Gasteiger partial charge in [-0.15, -0.1) is 0 Å². The number of nitrogens with zero attached hydrogens (tertiary/aromatic N) is 1.